The van der Waals surface area contributed by atoms with Gasteiger partial charge in [-0.05, 0) is 38.0 Å². The predicted octanol–water partition coefficient (Wildman–Crippen LogP) is 0.928. The van der Waals surface area contributed by atoms with Gasteiger partial charge in [0.15, 0.2) is 0 Å². The second kappa shape index (κ2) is 6.36. The van der Waals surface area contributed by atoms with E-state index in [1.165, 1.54) is 0 Å². The summed E-state index contributed by atoms with van der Waals surface area (Å²) in [5, 5.41) is 9.49. The van der Waals surface area contributed by atoms with Crippen molar-refractivity contribution < 1.29 is 18.3 Å². The number of hydrogen-bond acceptors (Lipinski definition) is 4. The molecule has 6 heteroatoms. The van der Waals surface area contributed by atoms with Crippen LogP contribution in [0.2, 0.25) is 0 Å². The molecule has 0 fully saturated rings. The van der Waals surface area contributed by atoms with Crippen molar-refractivity contribution >= 4 is 10.0 Å². The largest absolute Gasteiger partial charge is 0.497 e. The smallest absolute Gasteiger partial charge is 0.212 e. The third-order valence-electron chi connectivity index (χ3n) is 2.52. The van der Waals surface area contributed by atoms with Gasteiger partial charge in [-0.3, -0.25) is 0 Å². The molecule has 0 aliphatic carbocycles. The Bertz CT molecular complexity index is 506. The van der Waals surface area contributed by atoms with Crippen LogP contribution in [0.5, 0.6) is 5.75 Å². The summed E-state index contributed by atoms with van der Waals surface area (Å²) in [5.41, 5.74) is -0.156. The van der Waals surface area contributed by atoms with Crippen LogP contribution in [0, 0.1) is 0 Å². The lowest BCUT2D eigenvalue weighted by molar-refractivity contribution is 0.0857. The van der Waals surface area contributed by atoms with Gasteiger partial charge in [0, 0.05) is 6.54 Å². The Kier molecular flexibility index (Phi) is 5.34. The Hall–Kier alpha value is -1.11. The highest BCUT2D eigenvalue weighted by Gasteiger charge is 2.17. The van der Waals surface area contributed by atoms with E-state index in [-0.39, 0.29) is 12.3 Å². The van der Waals surface area contributed by atoms with E-state index >= 15 is 0 Å². The maximum atomic E-state index is 11.8. The second-order valence-electron chi connectivity index (χ2n) is 5.05. The van der Waals surface area contributed by atoms with Gasteiger partial charge in [0.05, 0.1) is 18.5 Å². The standard InChI is InChI=1S/C13H21NO4S/c1-13(2,15)10-14-19(16,17)8-7-11-5-4-6-12(9-11)18-3/h4-6,9,14-15H,7-8,10H2,1-3H3. The minimum absolute atomic E-state index is 0.00739. The number of rotatable bonds is 7. The molecule has 0 spiro atoms. The van der Waals surface area contributed by atoms with E-state index in [2.05, 4.69) is 4.72 Å². The van der Waals surface area contributed by atoms with Crippen LogP contribution in [0.1, 0.15) is 19.4 Å². The Balaban J connectivity index is 2.55. The van der Waals surface area contributed by atoms with Crippen molar-refractivity contribution in [2.45, 2.75) is 25.9 Å². The SMILES string of the molecule is COc1cccc(CCS(=O)(=O)NCC(C)(C)O)c1. The fourth-order valence-electron chi connectivity index (χ4n) is 1.44. The molecule has 0 amide bonds. The molecule has 2 N–H and O–H groups in total. The molecule has 0 aliphatic rings. The molecule has 0 unspecified atom stereocenters. The minimum Gasteiger partial charge on any atom is -0.497 e. The number of methoxy groups -OCH3 is 1. The van der Waals surface area contributed by atoms with E-state index in [4.69, 9.17) is 4.74 Å². The van der Waals surface area contributed by atoms with Crippen LogP contribution >= 0.6 is 0 Å². The quantitative estimate of drug-likeness (QED) is 0.782. The Morgan fingerprint density at radius 1 is 1.37 bits per heavy atom. The monoisotopic (exact) mass is 287 g/mol. The van der Waals surface area contributed by atoms with E-state index in [1.54, 1.807) is 21.0 Å². The van der Waals surface area contributed by atoms with Crippen LogP contribution in [0.15, 0.2) is 24.3 Å². The van der Waals surface area contributed by atoms with Crippen molar-refractivity contribution in [3.63, 3.8) is 0 Å². The summed E-state index contributed by atoms with van der Waals surface area (Å²) in [6, 6.07) is 7.30. The number of hydrogen-bond donors (Lipinski definition) is 2. The first-order valence-electron chi connectivity index (χ1n) is 6.04. The van der Waals surface area contributed by atoms with Crippen molar-refractivity contribution in [3.8, 4) is 5.75 Å². The van der Waals surface area contributed by atoms with Gasteiger partial charge in [-0.15, -0.1) is 0 Å². The lowest BCUT2D eigenvalue weighted by Crippen LogP contribution is -2.39. The summed E-state index contributed by atoms with van der Waals surface area (Å²) in [4.78, 5) is 0. The third kappa shape index (κ3) is 6.56. The predicted molar refractivity (Wildman–Crippen MR) is 74.8 cm³/mol. The summed E-state index contributed by atoms with van der Waals surface area (Å²) < 4.78 is 31.0. The average molecular weight is 287 g/mol. The highest BCUT2D eigenvalue weighted by atomic mass is 32.2. The molecule has 0 heterocycles. The third-order valence-corrected chi connectivity index (χ3v) is 3.84. The van der Waals surface area contributed by atoms with Crippen LogP contribution < -0.4 is 9.46 Å². The average Bonchev–Trinajstić information content (AvgIpc) is 2.34. The Morgan fingerprint density at radius 3 is 2.63 bits per heavy atom. The molecule has 0 aliphatic heterocycles. The van der Waals surface area contributed by atoms with Crippen LogP contribution in [0.3, 0.4) is 0 Å². The minimum atomic E-state index is -3.38. The van der Waals surface area contributed by atoms with E-state index in [9.17, 15) is 13.5 Å². The summed E-state index contributed by atoms with van der Waals surface area (Å²) in [7, 11) is -1.81. The van der Waals surface area contributed by atoms with Crippen LogP contribution in [0.4, 0.5) is 0 Å². The lowest BCUT2D eigenvalue weighted by Gasteiger charge is -2.17. The van der Waals surface area contributed by atoms with Crippen molar-refractivity contribution in [1.29, 1.82) is 0 Å². The number of nitrogens with one attached hydrogen (secondary N) is 1. The van der Waals surface area contributed by atoms with E-state index < -0.39 is 15.6 Å². The topological polar surface area (TPSA) is 75.6 Å². The molecule has 0 bridgehead atoms. The number of aliphatic hydroxyl groups is 1. The number of ether oxygens (including phenoxy) is 1. The number of aryl methyl sites for hydroxylation is 1. The van der Waals surface area contributed by atoms with Gasteiger partial charge >= 0.3 is 0 Å². The molecule has 1 aromatic carbocycles. The van der Waals surface area contributed by atoms with E-state index in [0.717, 1.165) is 5.56 Å². The first-order valence-corrected chi connectivity index (χ1v) is 7.70. The van der Waals surface area contributed by atoms with Crippen LogP contribution in [-0.2, 0) is 16.4 Å². The first kappa shape index (κ1) is 15.9. The molecule has 0 saturated carbocycles. The zero-order valence-corrected chi connectivity index (χ0v) is 12.3. The number of sulfonamides is 1. The molecular weight excluding hydrogens is 266 g/mol. The normalized spacial score (nSPS) is 12.4. The van der Waals surface area contributed by atoms with Crippen molar-refractivity contribution in [2.75, 3.05) is 19.4 Å². The molecule has 0 radical (unpaired) electrons. The number of benzene rings is 1. The van der Waals surface area contributed by atoms with E-state index in [1.807, 2.05) is 24.3 Å². The summed E-state index contributed by atoms with van der Waals surface area (Å²) in [6.45, 7) is 3.11. The van der Waals surface area contributed by atoms with Gasteiger partial charge in [0.25, 0.3) is 0 Å². The van der Waals surface area contributed by atoms with Gasteiger partial charge < -0.3 is 9.84 Å². The van der Waals surface area contributed by atoms with Crippen molar-refractivity contribution in [2.24, 2.45) is 0 Å². The van der Waals surface area contributed by atoms with Crippen molar-refractivity contribution in [1.82, 2.24) is 4.72 Å². The molecule has 0 saturated heterocycles. The second-order valence-corrected chi connectivity index (χ2v) is 6.98. The van der Waals surface area contributed by atoms with E-state index in [0.29, 0.717) is 12.2 Å². The van der Waals surface area contributed by atoms with Gasteiger partial charge in [-0.2, -0.15) is 0 Å². The lowest BCUT2D eigenvalue weighted by atomic mass is 10.1. The van der Waals surface area contributed by atoms with Crippen LogP contribution in [-0.4, -0.2) is 38.5 Å². The first-order chi connectivity index (χ1) is 8.72. The molecule has 108 valence electrons. The van der Waals surface area contributed by atoms with Crippen LogP contribution in [0.25, 0.3) is 0 Å². The van der Waals surface area contributed by atoms with Crippen molar-refractivity contribution in [3.05, 3.63) is 29.8 Å². The van der Waals surface area contributed by atoms with Gasteiger partial charge in [0.2, 0.25) is 10.0 Å². The molecule has 1 rings (SSSR count). The summed E-state index contributed by atoms with van der Waals surface area (Å²) >= 11 is 0. The zero-order chi connectivity index (χ0) is 14.5. The molecule has 1 aromatic rings. The Labute approximate surface area is 114 Å². The fourth-order valence-corrected chi connectivity index (χ4v) is 2.66. The zero-order valence-electron chi connectivity index (χ0n) is 11.5. The molecule has 19 heavy (non-hydrogen) atoms. The highest BCUT2D eigenvalue weighted by molar-refractivity contribution is 7.89. The molecular formula is C13H21NO4S. The molecule has 5 nitrogen and oxygen atoms in total. The van der Waals surface area contributed by atoms with Gasteiger partial charge in [-0.1, -0.05) is 12.1 Å². The molecule has 0 aromatic heterocycles. The summed E-state index contributed by atoms with van der Waals surface area (Å²) in [6.07, 6.45) is 0.401. The maximum absolute atomic E-state index is 11.8. The summed E-state index contributed by atoms with van der Waals surface area (Å²) in [5.74, 6) is 0.690. The fraction of sp³-hybridized carbons (Fsp3) is 0.538. The van der Waals surface area contributed by atoms with Gasteiger partial charge in [0.1, 0.15) is 5.75 Å². The highest BCUT2D eigenvalue weighted by Crippen LogP contribution is 2.13. The Morgan fingerprint density at radius 2 is 2.05 bits per heavy atom. The maximum Gasteiger partial charge on any atom is 0.212 e. The molecule has 0 atom stereocenters. The van der Waals surface area contributed by atoms with Gasteiger partial charge in [-0.25, -0.2) is 13.1 Å².